The van der Waals surface area contributed by atoms with Crippen molar-refractivity contribution in [2.45, 2.75) is 199 Å². The molecule has 4 aliphatic carbocycles. The van der Waals surface area contributed by atoms with Gasteiger partial charge in [-0.3, -0.25) is 0 Å². The molecule has 4 aromatic rings. The summed E-state index contributed by atoms with van der Waals surface area (Å²) in [5, 5.41) is 0. The van der Waals surface area contributed by atoms with Crippen molar-refractivity contribution in [2.75, 3.05) is 0 Å². The predicted molar refractivity (Wildman–Crippen MR) is 308 cm³/mol. The fourth-order valence-electron chi connectivity index (χ4n) is 11.2. The van der Waals surface area contributed by atoms with E-state index in [0.717, 1.165) is 12.8 Å². The number of hydrogen-bond donors (Lipinski definition) is 0. The fraction of sp³-hybridized carbons (Fsp3) is 0.515. The van der Waals surface area contributed by atoms with E-state index in [1.54, 1.807) is 33.4 Å². The normalized spacial score (nSPS) is 17.2. The minimum absolute atomic E-state index is 0. The summed E-state index contributed by atoms with van der Waals surface area (Å²) < 4.78 is 7.37. The van der Waals surface area contributed by atoms with Gasteiger partial charge in [-0.2, -0.15) is 0 Å². The second kappa shape index (κ2) is 21.8. The van der Waals surface area contributed by atoms with Crippen LogP contribution in [0.25, 0.3) is 22.3 Å². The van der Waals surface area contributed by atoms with Gasteiger partial charge < -0.3 is 24.8 Å². The Hall–Kier alpha value is -1.41. The molecule has 0 amide bonds. The van der Waals surface area contributed by atoms with Gasteiger partial charge in [-0.1, -0.05) is 0 Å². The van der Waals surface area contributed by atoms with Crippen molar-refractivity contribution in [3.05, 3.63) is 147 Å². The molecule has 0 heterocycles. The van der Waals surface area contributed by atoms with E-state index in [1.165, 1.54) is 44.5 Å². The Morgan fingerprint density at radius 3 is 0.931 bits per heavy atom. The fourth-order valence-corrected chi connectivity index (χ4v) is 60.2. The van der Waals surface area contributed by atoms with Crippen LogP contribution in [0.15, 0.2) is 103 Å². The van der Waals surface area contributed by atoms with Gasteiger partial charge in [0.25, 0.3) is 0 Å². The Bertz CT molecular complexity index is 2770. The minimum Gasteiger partial charge on any atom is -1.00 e. The van der Waals surface area contributed by atoms with Crippen LogP contribution in [0.5, 0.6) is 0 Å². The summed E-state index contributed by atoms with van der Waals surface area (Å²) in [4.78, 5) is 0. The molecule has 0 aliphatic heterocycles. The first kappa shape index (κ1) is 61.4. The molecule has 2 atom stereocenters. The number of fused-ring (bicyclic) bond motifs is 6. The van der Waals surface area contributed by atoms with Crippen LogP contribution in [0.3, 0.4) is 0 Å². The zero-order valence-electron chi connectivity index (χ0n) is 49.4. The van der Waals surface area contributed by atoms with Crippen molar-refractivity contribution in [3.8, 4) is 22.3 Å². The molecule has 0 spiro atoms. The number of hydrogen-bond acceptors (Lipinski definition) is 0. The molecule has 0 nitrogen and oxygen atoms in total. The molecule has 0 saturated heterocycles. The summed E-state index contributed by atoms with van der Waals surface area (Å²) in [7, 11) is 0. The van der Waals surface area contributed by atoms with E-state index in [1.807, 2.05) is 13.3 Å². The smallest absolute Gasteiger partial charge is 1.00 e. The van der Waals surface area contributed by atoms with Crippen LogP contribution in [-0.2, 0) is 74.6 Å². The van der Waals surface area contributed by atoms with Gasteiger partial charge in [-0.25, -0.2) is 0 Å². The predicted octanol–water partition coefficient (Wildman–Crippen LogP) is 11.7. The first-order valence-electron chi connectivity index (χ1n) is 26.8. The molecule has 4 aromatic carbocycles. The molecule has 2 unspecified atom stereocenters. The van der Waals surface area contributed by atoms with Gasteiger partial charge in [-0.15, -0.1) is 0 Å². The molecule has 0 bridgehead atoms. The molecule has 8 rings (SSSR count). The van der Waals surface area contributed by atoms with Gasteiger partial charge in [0, 0.05) is 0 Å². The van der Waals surface area contributed by atoms with E-state index >= 15 is 0 Å². The maximum Gasteiger partial charge on any atom is -1.00 e. The third-order valence-electron chi connectivity index (χ3n) is 15.8. The van der Waals surface area contributed by atoms with Crippen LogP contribution in [-0.4, -0.2) is 11.0 Å². The monoisotopic (exact) mass is 1370 g/mol. The molecule has 388 valence electrons. The van der Waals surface area contributed by atoms with Crippen molar-refractivity contribution in [1.82, 2.24) is 0 Å². The van der Waals surface area contributed by atoms with Gasteiger partial charge >= 0.3 is 449 Å². The molecular formula is C66H92Cl2Hf2Si2-2. The number of benzene rings is 4. The van der Waals surface area contributed by atoms with Gasteiger partial charge in [0.05, 0.1) is 0 Å². The Morgan fingerprint density at radius 2 is 0.681 bits per heavy atom. The van der Waals surface area contributed by atoms with Crippen LogP contribution in [0, 0.1) is 22.7 Å². The SMILES string of the molecule is CC1C=C(C(C)(C)C)C=[C]1[Hf]([c]1cc(C(C)(C)C)cc2c1Cc1ccc(C(C)(C)C)cc1-2)=[Si](C)C.CC1C=C(C(C)(C)C)C=[C]1[Hf]([c]1cc(C(C)(C)C)cc2c1Cc1ccc(C(C)(C)C)cc1-2)=[Si](C)C.[Cl-].[Cl-]. The van der Waals surface area contributed by atoms with E-state index in [2.05, 4.69) is 250 Å². The molecule has 0 N–H and O–H groups in total. The maximum absolute atomic E-state index is 2.69. The van der Waals surface area contributed by atoms with Gasteiger partial charge in [0.2, 0.25) is 0 Å². The minimum atomic E-state index is -2.28. The first-order valence-corrected chi connectivity index (χ1v) is 49.8. The quantitative estimate of drug-likeness (QED) is 0.154. The zero-order valence-corrected chi connectivity index (χ0v) is 60.1. The Balaban J connectivity index is 0.000000260. The Morgan fingerprint density at radius 1 is 0.389 bits per heavy atom. The molecule has 72 heavy (non-hydrogen) atoms. The topological polar surface area (TPSA) is 0 Å². The summed E-state index contributed by atoms with van der Waals surface area (Å²) in [5.41, 5.74) is 22.0. The van der Waals surface area contributed by atoms with E-state index in [0.29, 0.717) is 11.8 Å². The Labute approximate surface area is 469 Å². The van der Waals surface area contributed by atoms with E-state index in [-0.39, 0.29) is 57.3 Å². The molecule has 0 saturated carbocycles. The number of rotatable bonds is 4. The van der Waals surface area contributed by atoms with Crippen molar-refractivity contribution in [1.29, 1.82) is 0 Å². The van der Waals surface area contributed by atoms with Crippen molar-refractivity contribution < 1.29 is 64.9 Å². The second-order valence-electron chi connectivity index (χ2n) is 28.5. The van der Waals surface area contributed by atoms with Crippen LogP contribution in [0.4, 0.5) is 0 Å². The van der Waals surface area contributed by atoms with Crippen LogP contribution < -0.4 is 31.5 Å². The van der Waals surface area contributed by atoms with Crippen molar-refractivity contribution in [2.24, 2.45) is 22.7 Å². The van der Waals surface area contributed by atoms with Gasteiger partial charge in [0.1, 0.15) is 0 Å². The number of halogens is 2. The van der Waals surface area contributed by atoms with Crippen molar-refractivity contribution in [3.63, 3.8) is 0 Å². The molecule has 0 radical (unpaired) electrons. The van der Waals surface area contributed by atoms with Crippen molar-refractivity contribution >= 4 is 17.6 Å². The first-order chi connectivity index (χ1) is 32.0. The van der Waals surface area contributed by atoms with Crippen LogP contribution in [0.2, 0.25) is 26.2 Å². The van der Waals surface area contributed by atoms with E-state index in [4.69, 9.17) is 0 Å². The summed E-state index contributed by atoms with van der Waals surface area (Å²) >= 11 is -4.55. The molecule has 6 heteroatoms. The van der Waals surface area contributed by atoms with E-state index in [9.17, 15) is 0 Å². The maximum atomic E-state index is 2.69. The third kappa shape index (κ3) is 12.8. The Kier molecular flexibility index (Phi) is 18.6. The van der Waals surface area contributed by atoms with Crippen LogP contribution in [0.1, 0.15) is 183 Å². The summed E-state index contributed by atoms with van der Waals surface area (Å²) in [5.74, 6) is 1.22. The zero-order chi connectivity index (χ0) is 52.2. The summed E-state index contributed by atoms with van der Waals surface area (Å²) in [6.45, 7) is 58.1. The standard InChI is InChI=1S/2C21H25.2C10H15.2C2H6Si.2ClH.2Hf/c2*1-20(2,3)16-9-7-14-11-15-8-10-17(21(4,5)6)13-19(15)18(14)12-16;2*1-8-5-6-9(7-8)10(2,3)4;2*1-3-2;;;;/h2*7,9-10,12-13H,11H2,1-6H3;2*6-8H,1-4H3;2*1-2H3;2*1H;;/p-2. The average molecular weight is 1370 g/mol. The summed E-state index contributed by atoms with van der Waals surface area (Å²) in [6, 6.07) is 25.2. The molecule has 4 aliphatic rings. The second-order valence-corrected chi connectivity index (χ2v) is 75.6. The molecule has 0 fully saturated rings. The van der Waals surface area contributed by atoms with Gasteiger partial charge in [0.15, 0.2) is 0 Å². The van der Waals surface area contributed by atoms with Crippen LogP contribution >= 0.6 is 0 Å². The van der Waals surface area contributed by atoms with Gasteiger partial charge in [-0.05, 0) is 0 Å². The molecular weight excluding hydrogens is 1280 g/mol. The summed E-state index contributed by atoms with van der Waals surface area (Å²) in [6.07, 6.45) is 12.8. The average Bonchev–Trinajstić information content (AvgIpc) is 3.99. The largest absolute Gasteiger partial charge is 1.00 e. The van der Waals surface area contributed by atoms with E-state index < -0.39 is 51.1 Å². The number of allylic oxidation sites excluding steroid dienone is 8. The molecule has 0 aromatic heterocycles. The third-order valence-corrected chi connectivity index (χ3v) is 64.0.